The van der Waals surface area contributed by atoms with E-state index in [2.05, 4.69) is 10.4 Å². The fourth-order valence-corrected chi connectivity index (χ4v) is 2.82. The van der Waals surface area contributed by atoms with E-state index in [9.17, 15) is 24.1 Å². The molecule has 11 heteroatoms. The Balaban J connectivity index is 1.84. The summed E-state index contributed by atoms with van der Waals surface area (Å²) in [6.45, 7) is 0. The van der Waals surface area contributed by atoms with Crippen LogP contribution < -0.4 is 16.1 Å². The van der Waals surface area contributed by atoms with Gasteiger partial charge in [-0.05, 0) is 36.4 Å². The molecule has 0 saturated heterocycles. The van der Waals surface area contributed by atoms with Crippen molar-refractivity contribution in [2.75, 3.05) is 10.3 Å². The molecular weight excluding hydrogens is 393 g/mol. The van der Waals surface area contributed by atoms with Crippen molar-refractivity contribution < 1.29 is 18.9 Å². The van der Waals surface area contributed by atoms with E-state index in [1.807, 2.05) is 0 Å². The maximum absolute atomic E-state index is 13.1. The predicted molar refractivity (Wildman–Crippen MR) is 101 cm³/mol. The van der Waals surface area contributed by atoms with Gasteiger partial charge in [0.2, 0.25) is 5.91 Å². The number of amides is 2. The Hall–Kier alpha value is -3.53. The molecule has 1 heterocycles. The number of primary amides is 1. The summed E-state index contributed by atoms with van der Waals surface area (Å²) in [5, 5.41) is 18.7. The van der Waals surface area contributed by atoms with E-state index in [1.165, 1.54) is 41.4 Å². The smallest absolute Gasteiger partial charge is 0.289 e. The quantitative estimate of drug-likeness (QED) is 0.582. The van der Waals surface area contributed by atoms with Gasteiger partial charge in [-0.1, -0.05) is 11.6 Å². The highest BCUT2D eigenvalue weighted by Crippen LogP contribution is 2.28. The van der Waals surface area contributed by atoms with Gasteiger partial charge in [-0.2, -0.15) is 5.10 Å². The zero-order chi connectivity index (χ0) is 20.4. The predicted octanol–water partition coefficient (Wildman–Crippen LogP) is 2.45. The van der Waals surface area contributed by atoms with Gasteiger partial charge in [0.05, 0.1) is 10.6 Å². The summed E-state index contributed by atoms with van der Waals surface area (Å²) in [7, 11) is 0. The van der Waals surface area contributed by atoms with Crippen LogP contribution in [0.1, 0.15) is 6.42 Å². The number of nitro benzene ring substituents is 1. The summed E-state index contributed by atoms with van der Waals surface area (Å²) in [6.07, 6.45) is -0.0752. The Kier molecular flexibility index (Phi) is 5.23. The van der Waals surface area contributed by atoms with Crippen LogP contribution in [0.25, 0.3) is 0 Å². The van der Waals surface area contributed by atoms with Gasteiger partial charge in [-0.25, -0.2) is 4.39 Å². The van der Waals surface area contributed by atoms with E-state index in [-0.39, 0.29) is 28.5 Å². The van der Waals surface area contributed by atoms with Crippen molar-refractivity contribution in [2.45, 2.75) is 12.5 Å². The highest BCUT2D eigenvalue weighted by molar-refractivity contribution is 6.44. The van der Waals surface area contributed by atoms with E-state index in [1.54, 1.807) is 0 Å². The molecule has 1 atom stereocenters. The molecule has 3 N–H and O–H groups in total. The first kappa shape index (κ1) is 19.2. The number of hydrazone groups is 1. The number of hydrogen-bond acceptors (Lipinski definition) is 6. The van der Waals surface area contributed by atoms with Gasteiger partial charge >= 0.3 is 0 Å². The second-order valence-electron chi connectivity index (χ2n) is 5.87. The Labute approximate surface area is 162 Å². The summed E-state index contributed by atoms with van der Waals surface area (Å²) < 4.78 is 13.1. The van der Waals surface area contributed by atoms with Crippen LogP contribution in [-0.2, 0) is 9.59 Å². The molecular formula is C17H13ClFN5O4. The zero-order valence-electron chi connectivity index (χ0n) is 14.1. The lowest BCUT2D eigenvalue weighted by Gasteiger charge is -2.20. The highest BCUT2D eigenvalue weighted by atomic mass is 35.5. The van der Waals surface area contributed by atoms with Crippen molar-refractivity contribution in [3.8, 4) is 0 Å². The molecule has 1 unspecified atom stereocenters. The molecule has 9 nitrogen and oxygen atoms in total. The number of halogens is 2. The molecule has 1 aliphatic heterocycles. The van der Waals surface area contributed by atoms with Crippen molar-refractivity contribution in [3.05, 3.63) is 63.4 Å². The Bertz CT molecular complexity index is 996. The zero-order valence-corrected chi connectivity index (χ0v) is 14.9. The van der Waals surface area contributed by atoms with Crippen molar-refractivity contribution in [3.63, 3.8) is 0 Å². The van der Waals surface area contributed by atoms with E-state index < -0.39 is 28.6 Å². The normalized spacial score (nSPS) is 15.9. The van der Waals surface area contributed by atoms with Gasteiger partial charge in [0.1, 0.15) is 22.6 Å². The minimum Gasteiger partial charge on any atom is -0.368 e. The fraction of sp³-hybridized carbons (Fsp3) is 0.118. The van der Waals surface area contributed by atoms with Gasteiger partial charge < -0.3 is 11.1 Å². The van der Waals surface area contributed by atoms with Crippen LogP contribution in [0.15, 0.2) is 47.6 Å². The average Bonchev–Trinajstić information content (AvgIpc) is 3.09. The molecule has 2 amide bonds. The molecule has 0 aliphatic carbocycles. The summed E-state index contributed by atoms with van der Waals surface area (Å²) in [4.78, 5) is 34.5. The molecule has 0 radical (unpaired) electrons. The minimum absolute atomic E-state index is 0.00859. The Morgan fingerprint density at radius 3 is 2.57 bits per heavy atom. The van der Waals surface area contributed by atoms with Gasteiger partial charge in [0.15, 0.2) is 0 Å². The largest absolute Gasteiger partial charge is 0.368 e. The molecule has 0 spiro atoms. The SMILES string of the molecule is NC(=O)C1CC(C(=O)Nc2ccc(Cl)c([N+](=O)[O-])c2)=NN1c1ccc(F)cc1. The third-order valence-corrected chi connectivity index (χ3v) is 4.31. The molecule has 2 aromatic rings. The van der Waals surface area contributed by atoms with Gasteiger partial charge in [0.25, 0.3) is 11.6 Å². The number of benzene rings is 2. The first-order valence-electron chi connectivity index (χ1n) is 7.93. The lowest BCUT2D eigenvalue weighted by atomic mass is 10.1. The number of nitrogens with one attached hydrogen (secondary N) is 1. The van der Waals surface area contributed by atoms with Crippen LogP contribution in [-0.4, -0.2) is 28.5 Å². The first-order chi connectivity index (χ1) is 13.3. The Morgan fingerprint density at radius 2 is 1.96 bits per heavy atom. The number of nitrogens with two attached hydrogens (primary N) is 1. The van der Waals surface area contributed by atoms with Crippen molar-refractivity contribution in [1.29, 1.82) is 0 Å². The fourth-order valence-electron chi connectivity index (χ4n) is 2.63. The number of carbonyl (C=O) groups excluding carboxylic acids is 2. The van der Waals surface area contributed by atoms with Crippen LogP contribution in [0.3, 0.4) is 0 Å². The minimum atomic E-state index is -0.925. The lowest BCUT2D eigenvalue weighted by Crippen LogP contribution is -2.39. The first-order valence-corrected chi connectivity index (χ1v) is 8.31. The van der Waals surface area contributed by atoms with Crippen molar-refractivity contribution in [1.82, 2.24) is 0 Å². The van der Waals surface area contributed by atoms with Crippen LogP contribution >= 0.6 is 11.6 Å². The number of hydrogen-bond donors (Lipinski definition) is 2. The van der Waals surface area contributed by atoms with E-state index in [0.29, 0.717) is 5.69 Å². The molecule has 2 aromatic carbocycles. The summed E-state index contributed by atoms with van der Waals surface area (Å²) >= 11 is 5.74. The maximum atomic E-state index is 13.1. The van der Waals surface area contributed by atoms with Crippen LogP contribution in [0.5, 0.6) is 0 Å². The number of nitro groups is 1. The van der Waals surface area contributed by atoms with E-state index in [0.717, 1.165) is 6.07 Å². The molecule has 1 aliphatic rings. The number of anilines is 2. The second-order valence-corrected chi connectivity index (χ2v) is 6.27. The third-order valence-electron chi connectivity index (χ3n) is 3.99. The van der Waals surface area contributed by atoms with Crippen LogP contribution in [0.4, 0.5) is 21.5 Å². The van der Waals surface area contributed by atoms with Crippen molar-refractivity contribution >= 4 is 46.2 Å². The van der Waals surface area contributed by atoms with Gasteiger partial charge in [-0.3, -0.25) is 24.7 Å². The number of rotatable bonds is 5. The molecule has 0 fully saturated rings. The molecule has 3 rings (SSSR count). The monoisotopic (exact) mass is 405 g/mol. The molecule has 144 valence electrons. The number of carbonyl (C=O) groups is 2. The maximum Gasteiger partial charge on any atom is 0.289 e. The molecule has 0 bridgehead atoms. The molecule has 0 saturated carbocycles. The standard InChI is InChI=1S/C17H13ClFN5O4/c18-12-6-3-10(7-14(12)24(27)28)21-17(26)13-8-15(16(20)25)23(22-13)11-4-1-9(19)2-5-11/h1-7,15H,8H2,(H2,20,25)(H,21,26). The lowest BCUT2D eigenvalue weighted by molar-refractivity contribution is -0.384. The second kappa shape index (κ2) is 7.61. The average molecular weight is 406 g/mol. The topological polar surface area (TPSA) is 131 Å². The van der Waals surface area contributed by atoms with Gasteiger partial charge in [0, 0.05) is 18.2 Å². The Morgan fingerprint density at radius 1 is 1.29 bits per heavy atom. The number of nitrogens with zero attached hydrogens (tertiary/aromatic N) is 3. The summed E-state index contributed by atoms with van der Waals surface area (Å²) in [5.74, 6) is -1.84. The molecule has 0 aromatic heterocycles. The molecule has 28 heavy (non-hydrogen) atoms. The third kappa shape index (κ3) is 3.91. The highest BCUT2D eigenvalue weighted by Gasteiger charge is 2.35. The van der Waals surface area contributed by atoms with Crippen LogP contribution in [0.2, 0.25) is 5.02 Å². The summed E-state index contributed by atoms with van der Waals surface area (Å²) in [6, 6.07) is 8.04. The van der Waals surface area contributed by atoms with Crippen molar-refractivity contribution in [2.24, 2.45) is 10.8 Å². The van der Waals surface area contributed by atoms with E-state index in [4.69, 9.17) is 17.3 Å². The van der Waals surface area contributed by atoms with E-state index >= 15 is 0 Å². The summed E-state index contributed by atoms with van der Waals surface area (Å²) in [5.41, 5.74) is 5.54. The van der Waals surface area contributed by atoms with Gasteiger partial charge in [-0.15, -0.1) is 0 Å². The van der Waals surface area contributed by atoms with Crippen LogP contribution in [0, 0.1) is 15.9 Å².